The van der Waals surface area contributed by atoms with E-state index in [1.807, 2.05) is 32.0 Å². The molecule has 2 aromatic rings. The third-order valence-electron chi connectivity index (χ3n) is 3.83. The lowest BCUT2D eigenvalue weighted by Gasteiger charge is -2.31. The highest BCUT2D eigenvalue weighted by molar-refractivity contribution is 6.09. The molecule has 0 N–H and O–H groups in total. The fraction of sp³-hybridized carbons (Fsp3) is 0.278. The first-order valence-electron chi connectivity index (χ1n) is 7.30. The summed E-state index contributed by atoms with van der Waals surface area (Å²) < 4.78 is 11.0. The zero-order valence-electron chi connectivity index (χ0n) is 13.1. The van der Waals surface area contributed by atoms with Gasteiger partial charge in [0.2, 0.25) is 0 Å². The van der Waals surface area contributed by atoms with Crippen molar-refractivity contribution in [3.05, 3.63) is 53.1 Å². The van der Waals surface area contributed by atoms with Crippen molar-refractivity contribution in [3.8, 4) is 11.5 Å². The largest absolute Gasteiger partial charge is 0.496 e. The van der Waals surface area contributed by atoms with Crippen LogP contribution in [-0.4, -0.2) is 26.2 Å². The van der Waals surface area contributed by atoms with Gasteiger partial charge in [0.05, 0.1) is 24.9 Å². The number of carbonyl (C=O) groups is 1. The van der Waals surface area contributed by atoms with E-state index in [4.69, 9.17) is 9.47 Å². The normalized spacial score (nSPS) is 13.3. The lowest BCUT2D eigenvalue weighted by Crippen LogP contribution is -2.38. The van der Waals surface area contributed by atoms with Gasteiger partial charge in [-0.1, -0.05) is 18.2 Å². The van der Waals surface area contributed by atoms with Gasteiger partial charge in [-0.3, -0.25) is 4.79 Å². The Morgan fingerprint density at radius 3 is 2.77 bits per heavy atom. The number of para-hydroxylation sites is 1. The molecule has 1 aliphatic rings. The topological polar surface area (TPSA) is 38.8 Å². The molecule has 0 fully saturated rings. The maximum absolute atomic E-state index is 13.0. The van der Waals surface area contributed by atoms with Crippen LogP contribution in [0.25, 0.3) is 0 Å². The molecule has 0 saturated carbocycles. The number of aryl methyl sites for hydroxylation is 2. The van der Waals surface area contributed by atoms with Gasteiger partial charge in [0, 0.05) is 0 Å². The lowest BCUT2D eigenvalue weighted by molar-refractivity contribution is 0.0973. The Morgan fingerprint density at radius 2 is 2.00 bits per heavy atom. The lowest BCUT2D eigenvalue weighted by atomic mass is 10.1. The SMILES string of the molecule is COc1ccccc1C(=O)N1CCOc2cc(C)cc(C)c21. The predicted octanol–water partition coefficient (Wildman–Crippen LogP) is 3.35. The van der Waals surface area contributed by atoms with Crippen LogP contribution in [0.3, 0.4) is 0 Å². The molecule has 1 amide bonds. The summed E-state index contributed by atoms with van der Waals surface area (Å²) in [6.07, 6.45) is 0. The summed E-state index contributed by atoms with van der Waals surface area (Å²) in [4.78, 5) is 14.8. The van der Waals surface area contributed by atoms with Crippen LogP contribution in [0.1, 0.15) is 21.5 Å². The summed E-state index contributed by atoms with van der Waals surface area (Å²) in [6, 6.07) is 11.3. The van der Waals surface area contributed by atoms with E-state index in [9.17, 15) is 4.79 Å². The van der Waals surface area contributed by atoms with Gasteiger partial charge in [0.15, 0.2) is 0 Å². The molecule has 0 aliphatic carbocycles. The second-order valence-corrected chi connectivity index (χ2v) is 5.43. The van der Waals surface area contributed by atoms with Gasteiger partial charge >= 0.3 is 0 Å². The monoisotopic (exact) mass is 297 g/mol. The first-order chi connectivity index (χ1) is 10.6. The Hall–Kier alpha value is -2.49. The molecule has 3 rings (SSSR count). The number of benzene rings is 2. The first kappa shape index (κ1) is 14.4. The molecule has 4 nitrogen and oxygen atoms in total. The molecule has 0 spiro atoms. The van der Waals surface area contributed by atoms with Crippen LogP contribution in [0.2, 0.25) is 0 Å². The summed E-state index contributed by atoms with van der Waals surface area (Å²) in [5, 5.41) is 0. The van der Waals surface area contributed by atoms with Crippen molar-refractivity contribution < 1.29 is 14.3 Å². The zero-order valence-corrected chi connectivity index (χ0v) is 13.1. The third kappa shape index (κ3) is 2.41. The Balaban J connectivity index is 2.06. The number of anilines is 1. The van der Waals surface area contributed by atoms with E-state index in [2.05, 4.69) is 6.07 Å². The molecule has 0 unspecified atom stereocenters. The molecule has 0 aromatic heterocycles. The minimum atomic E-state index is -0.0612. The molecular weight excluding hydrogens is 278 g/mol. The smallest absolute Gasteiger partial charge is 0.262 e. The Morgan fingerprint density at radius 1 is 1.23 bits per heavy atom. The number of nitrogens with zero attached hydrogens (tertiary/aromatic N) is 1. The van der Waals surface area contributed by atoms with Crippen LogP contribution in [0.15, 0.2) is 36.4 Å². The highest BCUT2D eigenvalue weighted by atomic mass is 16.5. The van der Waals surface area contributed by atoms with Crippen LogP contribution in [0, 0.1) is 13.8 Å². The zero-order chi connectivity index (χ0) is 15.7. The van der Waals surface area contributed by atoms with Crippen molar-refractivity contribution in [3.63, 3.8) is 0 Å². The van der Waals surface area contributed by atoms with Crippen LogP contribution in [0.5, 0.6) is 11.5 Å². The summed E-state index contributed by atoms with van der Waals surface area (Å²) in [5.41, 5.74) is 3.59. The minimum Gasteiger partial charge on any atom is -0.496 e. The van der Waals surface area contributed by atoms with Crippen molar-refractivity contribution in [1.29, 1.82) is 0 Å². The van der Waals surface area contributed by atoms with Crippen molar-refractivity contribution in [1.82, 2.24) is 0 Å². The highest BCUT2D eigenvalue weighted by Gasteiger charge is 2.28. The second kappa shape index (κ2) is 5.72. The van der Waals surface area contributed by atoms with Crippen LogP contribution in [-0.2, 0) is 0 Å². The van der Waals surface area contributed by atoms with Gasteiger partial charge in [-0.25, -0.2) is 0 Å². The minimum absolute atomic E-state index is 0.0612. The number of ether oxygens (including phenoxy) is 2. The van der Waals surface area contributed by atoms with Gasteiger partial charge in [0.1, 0.15) is 18.1 Å². The summed E-state index contributed by atoms with van der Waals surface area (Å²) >= 11 is 0. The second-order valence-electron chi connectivity index (χ2n) is 5.43. The quantitative estimate of drug-likeness (QED) is 0.853. The standard InChI is InChI=1S/C18H19NO3/c1-12-10-13(2)17-16(11-12)22-9-8-19(17)18(20)14-6-4-5-7-15(14)21-3/h4-7,10-11H,8-9H2,1-3H3. The van der Waals surface area contributed by atoms with Crippen LogP contribution < -0.4 is 14.4 Å². The Bertz CT molecular complexity index is 724. The fourth-order valence-electron chi connectivity index (χ4n) is 2.91. The van der Waals surface area contributed by atoms with Gasteiger partial charge < -0.3 is 14.4 Å². The molecule has 22 heavy (non-hydrogen) atoms. The first-order valence-corrected chi connectivity index (χ1v) is 7.30. The predicted molar refractivity (Wildman–Crippen MR) is 86.1 cm³/mol. The van der Waals surface area contributed by atoms with E-state index < -0.39 is 0 Å². The van der Waals surface area contributed by atoms with Crippen molar-refractivity contribution in [2.24, 2.45) is 0 Å². The summed E-state index contributed by atoms with van der Waals surface area (Å²) in [6.45, 7) is 5.06. The van der Waals surface area contributed by atoms with E-state index in [0.29, 0.717) is 24.5 Å². The van der Waals surface area contributed by atoms with Crippen molar-refractivity contribution in [2.45, 2.75) is 13.8 Å². The molecule has 114 valence electrons. The van der Waals surface area contributed by atoms with Gasteiger partial charge in [0.25, 0.3) is 5.91 Å². The fourth-order valence-corrected chi connectivity index (χ4v) is 2.91. The number of methoxy groups -OCH3 is 1. The molecule has 0 bridgehead atoms. The molecule has 1 heterocycles. The highest BCUT2D eigenvalue weighted by Crippen LogP contribution is 2.37. The molecule has 2 aromatic carbocycles. The van der Waals surface area contributed by atoms with E-state index in [0.717, 1.165) is 22.6 Å². The van der Waals surface area contributed by atoms with Crippen molar-refractivity contribution in [2.75, 3.05) is 25.2 Å². The van der Waals surface area contributed by atoms with Crippen molar-refractivity contribution >= 4 is 11.6 Å². The number of hydrogen-bond donors (Lipinski definition) is 0. The molecule has 1 aliphatic heterocycles. The van der Waals surface area contributed by atoms with Gasteiger partial charge in [-0.05, 0) is 43.2 Å². The average molecular weight is 297 g/mol. The molecule has 0 radical (unpaired) electrons. The molecule has 0 atom stereocenters. The maximum atomic E-state index is 13.0. The Labute approximate surface area is 130 Å². The number of rotatable bonds is 2. The molecule has 4 heteroatoms. The third-order valence-corrected chi connectivity index (χ3v) is 3.83. The maximum Gasteiger partial charge on any atom is 0.262 e. The van der Waals surface area contributed by atoms with E-state index in [1.54, 1.807) is 24.1 Å². The summed E-state index contributed by atoms with van der Waals surface area (Å²) in [7, 11) is 1.58. The van der Waals surface area contributed by atoms with E-state index in [-0.39, 0.29) is 5.91 Å². The van der Waals surface area contributed by atoms with Gasteiger partial charge in [-0.2, -0.15) is 0 Å². The number of carbonyl (C=O) groups excluding carboxylic acids is 1. The van der Waals surface area contributed by atoms with E-state index in [1.165, 1.54) is 0 Å². The molecular formula is C18H19NO3. The Kier molecular flexibility index (Phi) is 3.75. The van der Waals surface area contributed by atoms with E-state index >= 15 is 0 Å². The van der Waals surface area contributed by atoms with Gasteiger partial charge in [-0.15, -0.1) is 0 Å². The number of amides is 1. The average Bonchev–Trinajstić information content (AvgIpc) is 2.53. The van der Waals surface area contributed by atoms with Crippen LogP contribution >= 0.6 is 0 Å². The number of fused-ring (bicyclic) bond motifs is 1. The summed E-state index contributed by atoms with van der Waals surface area (Å²) in [5.74, 6) is 1.30. The molecule has 0 saturated heterocycles. The van der Waals surface area contributed by atoms with Crippen LogP contribution in [0.4, 0.5) is 5.69 Å². The number of hydrogen-bond acceptors (Lipinski definition) is 3.